The van der Waals surface area contributed by atoms with Gasteiger partial charge in [0.05, 0.1) is 0 Å². The van der Waals surface area contributed by atoms with Crippen LogP contribution in [0.1, 0.15) is 41.5 Å². The van der Waals surface area contributed by atoms with Crippen LogP contribution in [0.3, 0.4) is 0 Å². The Balaban J connectivity index is 2.75. The van der Waals surface area contributed by atoms with Gasteiger partial charge in [0.1, 0.15) is 0 Å². The molecule has 2 rings (SSSR count). The molecule has 29 heavy (non-hydrogen) atoms. The summed E-state index contributed by atoms with van der Waals surface area (Å²) in [5.41, 5.74) is 0. The third-order valence-corrected chi connectivity index (χ3v) is 11.4. The summed E-state index contributed by atoms with van der Waals surface area (Å²) in [7, 11) is 0. The number of hydrogen-bond acceptors (Lipinski definition) is 6. The molecule has 7 heteroatoms. The number of benzene rings is 2. The van der Waals surface area contributed by atoms with E-state index in [0.717, 1.165) is 10.8 Å². The Kier molecular flexibility index (Phi) is 7.68. The topological polar surface area (TPSA) is 78.9 Å². The number of carbonyl (C=O) groups excluding carboxylic acids is 3. The van der Waals surface area contributed by atoms with Crippen molar-refractivity contribution in [2.75, 3.05) is 0 Å². The third kappa shape index (κ3) is 5.50. The summed E-state index contributed by atoms with van der Waals surface area (Å²) in [6.45, 7) is 10.1. The first kappa shape index (κ1) is 23.2. The van der Waals surface area contributed by atoms with Crippen LogP contribution in [0.25, 0.3) is 10.8 Å². The van der Waals surface area contributed by atoms with Gasteiger partial charge in [-0.3, -0.25) is 0 Å². The van der Waals surface area contributed by atoms with E-state index in [9.17, 15) is 14.4 Å². The van der Waals surface area contributed by atoms with Crippen molar-refractivity contribution in [3.8, 4) is 0 Å². The van der Waals surface area contributed by atoms with Crippen molar-refractivity contribution in [1.29, 1.82) is 0 Å². The molecule has 0 aromatic heterocycles. The first-order chi connectivity index (χ1) is 13.6. The fraction of sp³-hybridized carbons (Fsp3) is 0.409. The van der Waals surface area contributed by atoms with Gasteiger partial charge in [-0.25, -0.2) is 0 Å². The molecule has 0 aliphatic carbocycles. The standard InChI is InChI=1S/C10H7.3C4H8O2.Sn/c1-2-6-10-8-4-3-7-9(10)5-1;3*1-3(2)4(5)6;/h1-7H;3*3H,1-2H3,(H,5,6);/q;;;;+3/p-3. The van der Waals surface area contributed by atoms with Gasteiger partial charge in [-0.05, 0) is 0 Å². The van der Waals surface area contributed by atoms with Gasteiger partial charge in [0.2, 0.25) is 0 Å². The van der Waals surface area contributed by atoms with E-state index in [-0.39, 0.29) is 0 Å². The maximum atomic E-state index is 12.6. The molecule has 0 saturated heterocycles. The summed E-state index contributed by atoms with van der Waals surface area (Å²) in [6, 6.07) is 12.8. The Bertz CT molecular complexity index is 843. The molecule has 0 heterocycles. The van der Waals surface area contributed by atoms with Crippen molar-refractivity contribution in [1.82, 2.24) is 0 Å². The van der Waals surface area contributed by atoms with Crippen molar-refractivity contribution in [2.24, 2.45) is 17.8 Å². The van der Waals surface area contributed by atoms with Gasteiger partial charge in [-0.15, -0.1) is 0 Å². The Labute approximate surface area is 177 Å². The predicted molar refractivity (Wildman–Crippen MR) is 112 cm³/mol. The summed E-state index contributed by atoms with van der Waals surface area (Å²) in [5.74, 6) is -3.13. The van der Waals surface area contributed by atoms with Gasteiger partial charge >= 0.3 is 177 Å². The molecule has 0 N–H and O–H groups in total. The maximum absolute atomic E-state index is 12.6. The molecule has 156 valence electrons. The molecule has 0 radical (unpaired) electrons. The Morgan fingerprint density at radius 3 is 1.52 bits per heavy atom. The average molecular weight is 507 g/mol. The molecule has 0 atom stereocenters. The molecular weight excluding hydrogens is 479 g/mol. The van der Waals surface area contributed by atoms with Crippen molar-refractivity contribution >= 4 is 51.9 Å². The van der Waals surface area contributed by atoms with E-state index >= 15 is 0 Å². The number of fused-ring (bicyclic) bond motifs is 1. The molecule has 0 amide bonds. The minimum absolute atomic E-state index is 0.475. The first-order valence-corrected chi connectivity index (χ1v) is 14.7. The van der Waals surface area contributed by atoms with E-state index in [1.165, 1.54) is 0 Å². The number of hydrogen-bond donors (Lipinski definition) is 0. The van der Waals surface area contributed by atoms with Crippen LogP contribution < -0.4 is 3.58 Å². The van der Waals surface area contributed by atoms with Crippen LogP contribution in [-0.4, -0.2) is 37.5 Å². The minimum atomic E-state index is -5.26. The average Bonchev–Trinajstić information content (AvgIpc) is 2.66. The molecular formula is C22H28O6Sn. The third-order valence-electron chi connectivity index (χ3n) is 4.24. The Hall–Kier alpha value is -2.09. The van der Waals surface area contributed by atoms with Gasteiger partial charge in [0.25, 0.3) is 0 Å². The Morgan fingerprint density at radius 1 is 0.655 bits per heavy atom. The molecule has 0 aliphatic heterocycles. The van der Waals surface area contributed by atoms with Gasteiger partial charge in [0.15, 0.2) is 0 Å². The zero-order chi connectivity index (χ0) is 21.8. The summed E-state index contributed by atoms with van der Waals surface area (Å²) >= 11 is -5.26. The van der Waals surface area contributed by atoms with Crippen LogP contribution in [0.4, 0.5) is 0 Å². The fourth-order valence-electron chi connectivity index (χ4n) is 2.47. The summed E-state index contributed by atoms with van der Waals surface area (Å²) < 4.78 is 17.9. The van der Waals surface area contributed by atoms with Crippen LogP contribution in [0.15, 0.2) is 42.5 Å². The van der Waals surface area contributed by atoms with E-state index in [1.807, 2.05) is 30.3 Å². The number of carbonyl (C=O) groups is 3. The van der Waals surface area contributed by atoms with Crippen molar-refractivity contribution in [2.45, 2.75) is 41.5 Å². The molecule has 2 aromatic rings. The zero-order valence-electron chi connectivity index (χ0n) is 17.7. The molecule has 0 unspecified atom stereocenters. The molecule has 2 aromatic carbocycles. The second-order valence-corrected chi connectivity index (χ2v) is 14.3. The monoisotopic (exact) mass is 508 g/mol. The quantitative estimate of drug-likeness (QED) is 0.534. The van der Waals surface area contributed by atoms with Crippen LogP contribution in [-0.2, 0) is 23.6 Å². The molecule has 6 nitrogen and oxygen atoms in total. The molecule has 0 bridgehead atoms. The summed E-state index contributed by atoms with van der Waals surface area (Å²) in [6.07, 6.45) is 0. The van der Waals surface area contributed by atoms with Crippen LogP contribution in [0.2, 0.25) is 0 Å². The van der Waals surface area contributed by atoms with Crippen molar-refractivity contribution in [3.05, 3.63) is 42.5 Å². The van der Waals surface area contributed by atoms with Crippen LogP contribution in [0, 0.1) is 17.8 Å². The van der Waals surface area contributed by atoms with E-state index in [2.05, 4.69) is 0 Å². The van der Waals surface area contributed by atoms with Crippen LogP contribution in [0.5, 0.6) is 0 Å². The van der Waals surface area contributed by atoms with Gasteiger partial charge in [0, 0.05) is 0 Å². The fourth-order valence-corrected chi connectivity index (χ4v) is 10.5. The van der Waals surface area contributed by atoms with E-state index in [1.54, 1.807) is 53.7 Å². The van der Waals surface area contributed by atoms with Crippen molar-refractivity contribution < 1.29 is 23.6 Å². The van der Waals surface area contributed by atoms with Crippen LogP contribution >= 0.6 is 0 Å². The molecule has 0 spiro atoms. The Morgan fingerprint density at radius 2 is 1.07 bits per heavy atom. The SMILES string of the molecule is CC(C)C(=O)[O][Sn]([O]C(=O)C(C)C)([O]C(=O)C(C)C)[c]1cccc2ccccc12. The summed E-state index contributed by atoms with van der Waals surface area (Å²) in [4.78, 5) is 37.9. The van der Waals surface area contributed by atoms with E-state index < -0.39 is 55.3 Å². The number of rotatable bonds is 7. The van der Waals surface area contributed by atoms with Gasteiger partial charge in [-0.2, -0.15) is 0 Å². The molecule has 0 fully saturated rings. The predicted octanol–water partition coefficient (Wildman–Crippen LogP) is 3.58. The second kappa shape index (κ2) is 9.61. The summed E-state index contributed by atoms with van der Waals surface area (Å²) in [5, 5.41) is 1.60. The van der Waals surface area contributed by atoms with Gasteiger partial charge < -0.3 is 0 Å². The van der Waals surface area contributed by atoms with Gasteiger partial charge in [-0.1, -0.05) is 0 Å². The van der Waals surface area contributed by atoms with Crippen molar-refractivity contribution in [3.63, 3.8) is 0 Å². The normalized spacial score (nSPS) is 11.8. The molecule has 0 saturated carbocycles. The van der Waals surface area contributed by atoms with E-state index in [4.69, 9.17) is 9.22 Å². The zero-order valence-corrected chi connectivity index (χ0v) is 20.6. The second-order valence-electron chi connectivity index (χ2n) is 7.81. The molecule has 0 aliphatic rings. The van der Waals surface area contributed by atoms with E-state index in [0.29, 0.717) is 3.58 Å². The first-order valence-electron chi connectivity index (χ1n) is 9.74.